The van der Waals surface area contributed by atoms with Gasteiger partial charge in [0.2, 0.25) is 0 Å². The third-order valence-electron chi connectivity index (χ3n) is 1.95. The van der Waals surface area contributed by atoms with Crippen molar-refractivity contribution in [2.24, 2.45) is 0 Å². The molecule has 0 radical (unpaired) electrons. The first-order valence-electron chi connectivity index (χ1n) is 4.61. The van der Waals surface area contributed by atoms with Crippen LogP contribution in [-0.2, 0) is 4.74 Å². The van der Waals surface area contributed by atoms with Crippen molar-refractivity contribution in [3.05, 3.63) is 16.1 Å². The molecule has 1 rings (SSSR count). The maximum atomic E-state index is 11.1. The molecule has 0 aliphatic carbocycles. The highest BCUT2D eigenvalue weighted by Crippen LogP contribution is 2.24. The second-order valence-electron chi connectivity index (χ2n) is 3.08. The van der Waals surface area contributed by atoms with Crippen molar-refractivity contribution in [2.45, 2.75) is 18.6 Å². The lowest BCUT2D eigenvalue weighted by Crippen LogP contribution is -2.19. The number of ether oxygens (including phenoxy) is 1. The topological polar surface area (TPSA) is 99.9 Å². The summed E-state index contributed by atoms with van der Waals surface area (Å²) in [5, 5.41) is 27.9. The van der Waals surface area contributed by atoms with Crippen LogP contribution in [0.25, 0.3) is 0 Å². The molecule has 7 heteroatoms. The first kappa shape index (κ1) is 13.0. The molecule has 1 aromatic heterocycles. The van der Waals surface area contributed by atoms with E-state index in [1.54, 1.807) is 0 Å². The molecule has 3 N–H and O–H groups in total. The molecule has 6 nitrogen and oxygen atoms in total. The number of esters is 1. The van der Waals surface area contributed by atoms with Crippen LogP contribution in [0.5, 0.6) is 0 Å². The summed E-state index contributed by atoms with van der Waals surface area (Å²) in [5.74, 6) is -0.535. The molecule has 0 aliphatic heterocycles. The van der Waals surface area contributed by atoms with Crippen LogP contribution in [0, 0.1) is 0 Å². The fraction of sp³-hybridized carbons (Fsp3) is 0.556. The lowest BCUT2D eigenvalue weighted by molar-refractivity contribution is 0.00411. The third-order valence-corrected chi connectivity index (χ3v) is 3.00. The van der Waals surface area contributed by atoms with E-state index in [0.717, 1.165) is 11.3 Å². The summed E-state index contributed by atoms with van der Waals surface area (Å²) in [6, 6.07) is 0. The van der Waals surface area contributed by atoms with E-state index in [2.05, 4.69) is 9.72 Å². The number of hydrogen-bond acceptors (Lipinski definition) is 7. The Morgan fingerprint density at radius 3 is 2.88 bits per heavy atom. The van der Waals surface area contributed by atoms with Gasteiger partial charge in [0.15, 0.2) is 0 Å². The maximum Gasteiger partial charge on any atom is 0.349 e. The van der Waals surface area contributed by atoms with Crippen LogP contribution in [0.15, 0.2) is 6.20 Å². The molecular weight excluding hydrogens is 234 g/mol. The fourth-order valence-electron chi connectivity index (χ4n) is 1.07. The van der Waals surface area contributed by atoms with Crippen molar-refractivity contribution >= 4 is 17.3 Å². The van der Waals surface area contributed by atoms with Gasteiger partial charge in [0, 0.05) is 6.61 Å². The van der Waals surface area contributed by atoms with Gasteiger partial charge in [0.25, 0.3) is 0 Å². The summed E-state index contributed by atoms with van der Waals surface area (Å²) in [7, 11) is 1.25. The molecule has 2 atom stereocenters. The molecule has 90 valence electrons. The Labute approximate surface area is 96.1 Å². The Morgan fingerprint density at radius 2 is 2.31 bits per heavy atom. The van der Waals surface area contributed by atoms with E-state index < -0.39 is 18.2 Å². The summed E-state index contributed by atoms with van der Waals surface area (Å²) < 4.78 is 4.48. The minimum Gasteiger partial charge on any atom is -0.465 e. The van der Waals surface area contributed by atoms with Gasteiger partial charge in [-0.15, -0.1) is 11.3 Å². The number of aliphatic hydroxyl groups is 3. The summed E-state index contributed by atoms with van der Waals surface area (Å²) in [6.07, 6.45) is -0.966. The highest BCUT2D eigenvalue weighted by Gasteiger charge is 2.22. The van der Waals surface area contributed by atoms with Gasteiger partial charge < -0.3 is 20.1 Å². The van der Waals surface area contributed by atoms with Crippen molar-refractivity contribution in [2.75, 3.05) is 13.7 Å². The monoisotopic (exact) mass is 247 g/mol. The molecule has 0 aliphatic rings. The van der Waals surface area contributed by atoms with E-state index in [1.807, 2.05) is 0 Å². The maximum absolute atomic E-state index is 11.1. The molecule has 2 unspecified atom stereocenters. The van der Waals surface area contributed by atoms with Gasteiger partial charge in [-0.05, 0) is 6.42 Å². The van der Waals surface area contributed by atoms with E-state index in [-0.39, 0.29) is 22.9 Å². The Bertz CT molecular complexity index is 353. The SMILES string of the molecule is COC(=O)c1cnc(C(O)C(O)CCO)s1. The zero-order valence-electron chi connectivity index (χ0n) is 8.66. The van der Waals surface area contributed by atoms with Crippen molar-refractivity contribution in [3.63, 3.8) is 0 Å². The predicted molar refractivity (Wildman–Crippen MR) is 56.1 cm³/mol. The quantitative estimate of drug-likeness (QED) is 0.618. The van der Waals surface area contributed by atoms with Gasteiger partial charge in [-0.3, -0.25) is 0 Å². The number of carbonyl (C=O) groups is 1. The average molecular weight is 247 g/mol. The highest BCUT2D eigenvalue weighted by atomic mass is 32.1. The van der Waals surface area contributed by atoms with Crippen LogP contribution in [0.2, 0.25) is 0 Å². The zero-order valence-corrected chi connectivity index (χ0v) is 9.48. The van der Waals surface area contributed by atoms with Crippen LogP contribution in [0.3, 0.4) is 0 Å². The van der Waals surface area contributed by atoms with Crippen LogP contribution in [-0.4, -0.2) is 46.1 Å². The van der Waals surface area contributed by atoms with E-state index in [4.69, 9.17) is 5.11 Å². The van der Waals surface area contributed by atoms with Crippen molar-refractivity contribution < 1.29 is 24.9 Å². The van der Waals surface area contributed by atoms with Crippen LogP contribution in [0.1, 0.15) is 27.2 Å². The number of nitrogens with zero attached hydrogens (tertiary/aromatic N) is 1. The largest absolute Gasteiger partial charge is 0.465 e. The lowest BCUT2D eigenvalue weighted by Gasteiger charge is -2.13. The fourth-order valence-corrected chi connectivity index (χ4v) is 1.95. The Hall–Kier alpha value is -1.02. The van der Waals surface area contributed by atoms with Gasteiger partial charge >= 0.3 is 5.97 Å². The summed E-state index contributed by atoms with van der Waals surface area (Å²) in [4.78, 5) is 15.2. The number of hydrogen-bond donors (Lipinski definition) is 3. The molecule has 0 amide bonds. The Morgan fingerprint density at radius 1 is 1.62 bits per heavy atom. The first-order chi connectivity index (χ1) is 7.60. The van der Waals surface area contributed by atoms with Crippen molar-refractivity contribution in [1.82, 2.24) is 4.98 Å². The summed E-state index contributed by atoms with van der Waals surface area (Å²) in [5.41, 5.74) is 0. The number of carbonyl (C=O) groups excluding carboxylic acids is 1. The van der Waals surface area contributed by atoms with E-state index in [1.165, 1.54) is 13.3 Å². The number of aliphatic hydroxyl groups excluding tert-OH is 3. The molecule has 0 bridgehead atoms. The molecular formula is C9H13NO5S. The Kier molecular flexibility index (Phi) is 4.81. The van der Waals surface area contributed by atoms with Gasteiger partial charge in [0.1, 0.15) is 16.0 Å². The van der Waals surface area contributed by atoms with Gasteiger partial charge in [-0.25, -0.2) is 9.78 Å². The molecule has 0 saturated carbocycles. The van der Waals surface area contributed by atoms with Crippen LogP contribution in [0.4, 0.5) is 0 Å². The molecule has 0 aromatic carbocycles. The molecule has 1 heterocycles. The van der Waals surface area contributed by atoms with E-state index in [0.29, 0.717) is 0 Å². The first-order valence-corrected chi connectivity index (χ1v) is 5.42. The number of methoxy groups -OCH3 is 1. The standard InChI is InChI=1S/C9H13NO5S/c1-15-9(14)6-4-10-8(16-6)7(13)5(12)2-3-11/h4-5,7,11-13H,2-3H2,1H3. The predicted octanol–water partition coefficient (Wildman–Crippen LogP) is -0.294. The van der Waals surface area contributed by atoms with Gasteiger partial charge in [-0.2, -0.15) is 0 Å². The number of thiazole rings is 1. The lowest BCUT2D eigenvalue weighted by atomic mass is 10.1. The Balaban J connectivity index is 2.73. The summed E-state index contributed by atoms with van der Waals surface area (Å²) in [6.45, 7) is -0.229. The minimum absolute atomic E-state index is 0.0499. The molecule has 0 saturated heterocycles. The van der Waals surface area contributed by atoms with Gasteiger partial charge in [0.05, 0.1) is 19.4 Å². The van der Waals surface area contributed by atoms with Gasteiger partial charge in [-0.1, -0.05) is 0 Å². The van der Waals surface area contributed by atoms with E-state index in [9.17, 15) is 15.0 Å². The smallest absolute Gasteiger partial charge is 0.349 e. The third kappa shape index (κ3) is 2.99. The van der Waals surface area contributed by atoms with Crippen LogP contribution >= 0.6 is 11.3 Å². The minimum atomic E-state index is -1.20. The molecule has 0 fully saturated rings. The molecule has 1 aromatic rings. The van der Waals surface area contributed by atoms with Crippen molar-refractivity contribution in [1.29, 1.82) is 0 Å². The second kappa shape index (κ2) is 5.90. The average Bonchev–Trinajstić information content (AvgIpc) is 2.76. The molecule has 0 spiro atoms. The zero-order chi connectivity index (χ0) is 12.1. The molecule has 16 heavy (non-hydrogen) atoms. The van der Waals surface area contributed by atoms with E-state index >= 15 is 0 Å². The summed E-state index contributed by atoms with van der Waals surface area (Å²) >= 11 is 0.951. The number of aromatic nitrogens is 1. The second-order valence-corrected chi connectivity index (χ2v) is 4.14. The van der Waals surface area contributed by atoms with Crippen LogP contribution < -0.4 is 0 Å². The normalized spacial score (nSPS) is 14.5. The number of rotatable bonds is 5. The highest BCUT2D eigenvalue weighted by molar-refractivity contribution is 7.13. The van der Waals surface area contributed by atoms with Crippen molar-refractivity contribution in [3.8, 4) is 0 Å².